The lowest BCUT2D eigenvalue weighted by molar-refractivity contribution is -0.134. The quantitative estimate of drug-likeness (QED) is 0.857. The average Bonchev–Trinajstić information content (AvgIpc) is 2.91. The number of carbonyl (C=O) groups excluding carboxylic acids is 2. The molecule has 0 aromatic heterocycles. The van der Waals surface area contributed by atoms with Gasteiger partial charge in [-0.3, -0.25) is 4.79 Å². The van der Waals surface area contributed by atoms with Crippen LogP contribution in [0.5, 0.6) is 0 Å². The molecule has 0 aliphatic carbocycles. The van der Waals surface area contributed by atoms with Gasteiger partial charge in [-0.1, -0.05) is 37.3 Å². The van der Waals surface area contributed by atoms with Crippen LogP contribution >= 0.6 is 0 Å². The maximum Gasteiger partial charge on any atom is 0.416 e. The summed E-state index contributed by atoms with van der Waals surface area (Å²) in [6.45, 7) is 3.06. The second kappa shape index (κ2) is 7.13. The average molecular weight is 317 g/mol. The van der Waals surface area contributed by atoms with E-state index >= 15 is 0 Å². The number of cyclic esters (lactones) is 1. The van der Waals surface area contributed by atoms with E-state index in [1.807, 2.05) is 30.3 Å². The fourth-order valence-electron chi connectivity index (χ4n) is 3.32. The largest absolute Gasteiger partial charge is 0.447 e. The van der Waals surface area contributed by atoms with E-state index in [1.165, 1.54) is 4.90 Å². The molecule has 2 fully saturated rings. The van der Waals surface area contributed by atoms with E-state index in [9.17, 15) is 9.59 Å². The standard InChI is InChI=1S/C18H23NO4/c1-13-6-5-9-22-16(13)11-17(20)19-15(12-23-18(19)21)10-14-7-3-2-4-8-14/h2-4,7-8,13,15-16H,5-6,9-12H2,1H3/t13-,15-,16-/m0/s1. The number of hydrogen-bond acceptors (Lipinski definition) is 4. The number of amides is 2. The van der Waals surface area contributed by atoms with Crippen LogP contribution in [0.15, 0.2) is 30.3 Å². The summed E-state index contributed by atoms with van der Waals surface area (Å²) in [5, 5.41) is 0. The SMILES string of the molecule is C[C@H]1CCCO[C@H]1CC(=O)N1C(=O)OC[C@@H]1Cc1ccccc1. The second-order valence-corrected chi connectivity index (χ2v) is 6.42. The van der Waals surface area contributed by atoms with Crippen LogP contribution in [0.3, 0.4) is 0 Å². The Morgan fingerprint density at radius 3 is 2.83 bits per heavy atom. The number of benzene rings is 1. The predicted molar refractivity (Wildman–Crippen MR) is 84.9 cm³/mol. The van der Waals surface area contributed by atoms with Gasteiger partial charge < -0.3 is 9.47 Å². The summed E-state index contributed by atoms with van der Waals surface area (Å²) in [4.78, 5) is 25.9. The summed E-state index contributed by atoms with van der Waals surface area (Å²) in [7, 11) is 0. The van der Waals surface area contributed by atoms with Crippen LogP contribution in [-0.4, -0.2) is 42.3 Å². The third kappa shape index (κ3) is 3.72. The molecule has 2 aliphatic rings. The van der Waals surface area contributed by atoms with Gasteiger partial charge >= 0.3 is 6.09 Å². The summed E-state index contributed by atoms with van der Waals surface area (Å²) >= 11 is 0. The van der Waals surface area contributed by atoms with E-state index in [0.29, 0.717) is 18.9 Å². The van der Waals surface area contributed by atoms with Gasteiger partial charge in [0.25, 0.3) is 0 Å². The summed E-state index contributed by atoms with van der Waals surface area (Å²) in [5.41, 5.74) is 1.09. The first-order valence-corrected chi connectivity index (χ1v) is 8.29. The highest BCUT2D eigenvalue weighted by atomic mass is 16.6. The van der Waals surface area contributed by atoms with Crippen molar-refractivity contribution in [3.8, 4) is 0 Å². The number of nitrogens with zero attached hydrogens (tertiary/aromatic N) is 1. The smallest absolute Gasteiger partial charge is 0.416 e. The first-order chi connectivity index (χ1) is 11.1. The van der Waals surface area contributed by atoms with E-state index in [1.54, 1.807) is 0 Å². The topological polar surface area (TPSA) is 55.8 Å². The fourth-order valence-corrected chi connectivity index (χ4v) is 3.32. The molecule has 0 saturated carbocycles. The van der Waals surface area contributed by atoms with Gasteiger partial charge in [0.2, 0.25) is 5.91 Å². The summed E-state index contributed by atoms with van der Waals surface area (Å²) in [5.74, 6) is 0.158. The molecule has 1 aromatic rings. The Balaban J connectivity index is 1.65. The van der Waals surface area contributed by atoms with Gasteiger partial charge in [-0.25, -0.2) is 9.69 Å². The fraction of sp³-hybridized carbons (Fsp3) is 0.556. The first-order valence-electron chi connectivity index (χ1n) is 8.29. The molecule has 0 spiro atoms. The van der Waals surface area contributed by atoms with Crippen LogP contribution in [0, 0.1) is 5.92 Å². The van der Waals surface area contributed by atoms with Crippen molar-refractivity contribution in [2.24, 2.45) is 5.92 Å². The molecule has 0 bridgehead atoms. The van der Waals surface area contributed by atoms with Gasteiger partial charge in [-0.05, 0) is 30.7 Å². The highest BCUT2D eigenvalue weighted by Crippen LogP contribution is 2.25. The molecular formula is C18H23NO4. The molecule has 0 radical (unpaired) electrons. The van der Waals surface area contributed by atoms with Crippen LogP contribution in [0.1, 0.15) is 31.7 Å². The number of rotatable bonds is 4. The number of hydrogen-bond donors (Lipinski definition) is 0. The molecule has 2 aliphatic heterocycles. The molecule has 124 valence electrons. The Hall–Kier alpha value is -1.88. The Morgan fingerprint density at radius 1 is 1.30 bits per heavy atom. The van der Waals surface area contributed by atoms with E-state index in [2.05, 4.69) is 6.92 Å². The molecular weight excluding hydrogens is 294 g/mol. The Bertz CT molecular complexity index is 559. The van der Waals surface area contributed by atoms with E-state index in [4.69, 9.17) is 9.47 Å². The predicted octanol–water partition coefficient (Wildman–Crippen LogP) is 2.78. The van der Waals surface area contributed by atoms with E-state index in [0.717, 1.165) is 18.4 Å². The Labute approximate surface area is 136 Å². The first kappa shape index (κ1) is 16.0. The molecule has 3 atom stereocenters. The zero-order valence-electron chi connectivity index (χ0n) is 13.4. The molecule has 0 N–H and O–H groups in total. The van der Waals surface area contributed by atoms with Crippen molar-refractivity contribution < 1.29 is 19.1 Å². The van der Waals surface area contributed by atoms with Crippen molar-refractivity contribution in [3.63, 3.8) is 0 Å². The lowest BCUT2D eigenvalue weighted by Gasteiger charge is -2.30. The molecule has 2 amide bonds. The Morgan fingerprint density at radius 2 is 2.09 bits per heavy atom. The summed E-state index contributed by atoms with van der Waals surface area (Å²) < 4.78 is 10.8. The zero-order valence-corrected chi connectivity index (χ0v) is 13.4. The molecule has 3 rings (SSSR count). The van der Waals surface area contributed by atoms with Crippen LogP contribution in [0.25, 0.3) is 0 Å². The van der Waals surface area contributed by atoms with Crippen molar-refractivity contribution in [2.45, 2.75) is 44.8 Å². The van der Waals surface area contributed by atoms with Crippen molar-refractivity contribution in [1.82, 2.24) is 4.90 Å². The third-order valence-corrected chi connectivity index (χ3v) is 4.69. The van der Waals surface area contributed by atoms with Crippen molar-refractivity contribution in [1.29, 1.82) is 0 Å². The lowest BCUT2D eigenvalue weighted by atomic mass is 9.93. The lowest BCUT2D eigenvalue weighted by Crippen LogP contribution is -2.43. The molecule has 1 aromatic carbocycles. The molecule has 5 nitrogen and oxygen atoms in total. The van der Waals surface area contributed by atoms with Crippen LogP contribution in [-0.2, 0) is 20.7 Å². The van der Waals surface area contributed by atoms with Gasteiger partial charge in [-0.2, -0.15) is 0 Å². The van der Waals surface area contributed by atoms with E-state index in [-0.39, 0.29) is 31.1 Å². The minimum Gasteiger partial charge on any atom is -0.447 e. The van der Waals surface area contributed by atoms with Crippen molar-refractivity contribution in [2.75, 3.05) is 13.2 Å². The van der Waals surface area contributed by atoms with Gasteiger partial charge in [0.1, 0.15) is 6.61 Å². The summed E-state index contributed by atoms with van der Waals surface area (Å²) in [6.07, 6.45) is 2.35. The zero-order chi connectivity index (χ0) is 16.2. The minimum absolute atomic E-state index is 0.0953. The molecule has 5 heteroatoms. The number of carbonyl (C=O) groups is 2. The molecule has 0 unspecified atom stereocenters. The Kier molecular flexibility index (Phi) is 4.96. The highest BCUT2D eigenvalue weighted by molar-refractivity contribution is 5.93. The third-order valence-electron chi connectivity index (χ3n) is 4.69. The van der Waals surface area contributed by atoms with Crippen LogP contribution in [0.2, 0.25) is 0 Å². The second-order valence-electron chi connectivity index (χ2n) is 6.42. The van der Waals surface area contributed by atoms with Crippen LogP contribution < -0.4 is 0 Å². The monoisotopic (exact) mass is 317 g/mol. The minimum atomic E-state index is -0.528. The van der Waals surface area contributed by atoms with Crippen LogP contribution in [0.4, 0.5) is 4.79 Å². The number of imide groups is 1. The van der Waals surface area contributed by atoms with Crippen molar-refractivity contribution in [3.05, 3.63) is 35.9 Å². The van der Waals surface area contributed by atoms with Gasteiger partial charge in [-0.15, -0.1) is 0 Å². The van der Waals surface area contributed by atoms with Gasteiger partial charge in [0, 0.05) is 6.61 Å². The van der Waals surface area contributed by atoms with Gasteiger partial charge in [0.15, 0.2) is 0 Å². The molecule has 2 saturated heterocycles. The normalized spacial score (nSPS) is 27.8. The molecule has 2 heterocycles. The summed E-state index contributed by atoms with van der Waals surface area (Å²) in [6, 6.07) is 9.63. The highest BCUT2D eigenvalue weighted by Gasteiger charge is 2.39. The maximum atomic E-state index is 12.6. The number of ether oxygens (including phenoxy) is 2. The molecule has 23 heavy (non-hydrogen) atoms. The maximum absolute atomic E-state index is 12.6. The van der Waals surface area contributed by atoms with Crippen molar-refractivity contribution >= 4 is 12.0 Å². The van der Waals surface area contributed by atoms with Gasteiger partial charge in [0.05, 0.1) is 18.6 Å². The van der Waals surface area contributed by atoms with E-state index < -0.39 is 6.09 Å².